The van der Waals surface area contributed by atoms with E-state index in [2.05, 4.69) is 4.90 Å². The maximum absolute atomic E-state index is 12.6. The van der Waals surface area contributed by atoms with E-state index in [1.807, 2.05) is 6.92 Å². The molecule has 3 N–H and O–H groups in total. The molecule has 0 aliphatic carbocycles. The van der Waals surface area contributed by atoms with E-state index in [0.717, 1.165) is 19.5 Å². The standard InChI is InChI=1S/C17H25N3O4/c1-2-14(21)11-19-6-8-20(9-7-19)17(23)13-4-3-5-15(10-13)24-12-16(18)22/h3-5,10,14,21H,2,6-9,11-12H2,1H3,(H2,18,22)/t14-/m0/s1. The normalized spacial score (nSPS) is 16.7. The summed E-state index contributed by atoms with van der Waals surface area (Å²) >= 11 is 0. The number of primary amides is 1. The molecule has 1 aromatic carbocycles. The van der Waals surface area contributed by atoms with Gasteiger partial charge in [-0.15, -0.1) is 0 Å². The summed E-state index contributed by atoms with van der Waals surface area (Å²) in [5.74, 6) is -0.170. The van der Waals surface area contributed by atoms with Crippen LogP contribution in [0.5, 0.6) is 5.75 Å². The SMILES string of the molecule is CC[C@H](O)CN1CCN(C(=O)c2cccc(OCC(N)=O)c2)CC1. The van der Waals surface area contributed by atoms with E-state index in [1.54, 1.807) is 29.2 Å². The molecule has 0 saturated carbocycles. The minimum atomic E-state index is -0.558. The number of nitrogens with two attached hydrogens (primary N) is 1. The zero-order valence-corrected chi connectivity index (χ0v) is 14.0. The third-order valence-electron chi connectivity index (χ3n) is 4.06. The second-order valence-electron chi connectivity index (χ2n) is 5.94. The molecule has 1 aliphatic rings. The number of aliphatic hydroxyl groups excluding tert-OH is 1. The van der Waals surface area contributed by atoms with Crippen LogP contribution >= 0.6 is 0 Å². The summed E-state index contributed by atoms with van der Waals surface area (Å²) in [6.45, 7) is 5.15. The monoisotopic (exact) mass is 335 g/mol. The third kappa shape index (κ3) is 5.21. The van der Waals surface area contributed by atoms with Crippen molar-refractivity contribution < 1.29 is 19.4 Å². The van der Waals surface area contributed by atoms with E-state index in [1.165, 1.54) is 0 Å². The van der Waals surface area contributed by atoms with Crippen molar-refractivity contribution in [1.29, 1.82) is 0 Å². The molecule has 24 heavy (non-hydrogen) atoms. The average Bonchev–Trinajstić information content (AvgIpc) is 2.60. The van der Waals surface area contributed by atoms with Crippen LogP contribution < -0.4 is 10.5 Å². The molecular formula is C17H25N3O4. The lowest BCUT2D eigenvalue weighted by Crippen LogP contribution is -2.50. The van der Waals surface area contributed by atoms with E-state index in [-0.39, 0.29) is 18.6 Å². The van der Waals surface area contributed by atoms with E-state index in [0.29, 0.717) is 30.9 Å². The summed E-state index contributed by atoms with van der Waals surface area (Å²) < 4.78 is 5.24. The summed E-state index contributed by atoms with van der Waals surface area (Å²) in [6, 6.07) is 6.76. The number of rotatable bonds is 7. The Morgan fingerprint density at radius 2 is 2.00 bits per heavy atom. The Morgan fingerprint density at radius 1 is 1.29 bits per heavy atom. The first kappa shape index (κ1) is 18.2. The number of piperazine rings is 1. The predicted octanol–water partition coefficient (Wildman–Crippen LogP) is 0.0794. The Balaban J connectivity index is 1.90. The van der Waals surface area contributed by atoms with Crippen LogP contribution in [-0.4, -0.2) is 72.2 Å². The predicted molar refractivity (Wildman–Crippen MR) is 89.8 cm³/mol. The lowest BCUT2D eigenvalue weighted by Gasteiger charge is -2.35. The van der Waals surface area contributed by atoms with Gasteiger partial charge in [0.2, 0.25) is 0 Å². The smallest absolute Gasteiger partial charge is 0.255 e. The van der Waals surface area contributed by atoms with Crippen molar-refractivity contribution in [3.63, 3.8) is 0 Å². The number of nitrogens with zero attached hydrogens (tertiary/aromatic N) is 2. The van der Waals surface area contributed by atoms with Gasteiger partial charge in [0.25, 0.3) is 11.8 Å². The molecule has 0 unspecified atom stereocenters. The Kier molecular flexibility index (Phi) is 6.57. The molecule has 0 bridgehead atoms. The van der Waals surface area contributed by atoms with Crippen molar-refractivity contribution in [3.8, 4) is 5.75 Å². The number of ether oxygens (including phenoxy) is 1. The number of amides is 2. The fourth-order valence-electron chi connectivity index (χ4n) is 2.62. The molecule has 1 atom stereocenters. The molecule has 7 nitrogen and oxygen atoms in total. The zero-order chi connectivity index (χ0) is 17.5. The fraction of sp³-hybridized carbons (Fsp3) is 0.529. The molecule has 1 heterocycles. The van der Waals surface area contributed by atoms with Crippen molar-refractivity contribution in [1.82, 2.24) is 9.80 Å². The van der Waals surface area contributed by atoms with Crippen LogP contribution in [0.2, 0.25) is 0 Å². The van der Waals surface area contributed by atoms with Gasteiger partial charge in [-0.25, -0.2) is 0 Å². The third-order valence-corrected chi connectivity index (χ3v) is 4.06. The summed E-state index contributed by atoms with van der Waals surface area (Å²) in [6.07, 6.45) is 0.420. The highest BCUT2D eigenvalue weighted by Crippen LogP contribution is 2.16. The minimum Gasteiger partial charge on any atom is -0.484 e. The first-order chi connectivity index (χ1) is 11.5. The Bertz CT molecular complexity index is 571. The highest BCUT2D eigenvalue weighted by molar-refractivity contribution is 5.94. The van der Waals surface area contributed by atoms with Gasteiger partial charge in [-0.2, -0.15) is 0 Å². The van der Waals surface area contributed by atoms with Crippen LogP contribution in [0, 0.1) is 0 Å². The van der Waals surface area contributed by atoms with Gasteiger partial charge in [-0.1, -0.05) is 13.0 Å². The highest BCUT2D eigenvalue weighted by atomic mass is 16.5. The lowest BCUT2D eigenvalue weighted by atomic mass is 10.1. The van der Waals surface area contributed by atoms with Crippen LogP contribution in [0.3, 0.4) is 0 Å². The number of aliphatic hydroxyl groups is 1. The van der Waals surface area contributed by atoms with Crippen LogP contribution in [0.25, 0.3) is 0 Å². The van der Waals surface area contributed by atoms with Gasteiger partial charge in [0, 0.05) is 38.3 Å². The van der Waals surface area contributed by atoms with Gasteiger partial charge in [0.05, 0.1) is 6.10 Å². The van der Waals surface area contributed by atoms with E-state index >= 15 is 0 Å². The van der Waals surface area contributed by atoms with E-state index in [9.17, 15) is 14.7 Å². The first-order valence-electron chi connectivity index (χ1n) is 8.20. The molecule has 0 aromatic heterocycles. The molecule has 0 spiro atoms. The van der Waals surface area contributed by atoms with E-state index in [4.69, 9.17) is 10.5 Å². The second-order valence-corrected chi connectivity index (χ2v) is 5.94. The maximum Gasteiger partial charge on any atom is 0.255 e. The number of carbonyl (C=O) groups is 2. The van der Waals surface area contributed by atoms with Crippen molar-refractivity contribution in [3.05, 3.63) is 29.8 Å². The molecule has 1 aromatic rings. The number of carbonyl (C=O) groups excluding carboxylic acids is 2. The largest absolute Gasteiger partial charge is 0.484 e. The number of hydrogen-bond donors (Lipinski definition) is 2. The van der Waals surface area contributed by atoms with Gasteiger partial charge < -0.3 is 20.5 Å². The van der Waals surface area contributed by atoms with Gasteiger partial charge in [-0.05, 0) is 24.6 Å². The Hall–Kier alpha value is -2.12. The molecule has 0 radical (unpaired) electrons. The van der Waals surface area contributed by atoms with Gasteiger partial charge in [-0.3, -0.25) is 14.5 Å². The van der Waals surface area contributed by atoms with Gasteiger partial charge in [0.15, 0.2) is 6.61 Å². The number of hydrogen-bond acceptors (Lipinski definition) is 5. The second kappa shape index (κ2) is 8.65. The van der Waals surface area contributed by atoms with Gasteiger partial charge in [0.1, 0.15) is 5.75 Å². The molecule has 2 amide bonds. The summed E-state index contributed by atoms with van der Waals surface area (Å²) in [7, 11) is 0. The Labute approximate surface area is 142 Å². The number of benzene rings is 1. The summed E-state index contributed by atoms with van der Waals surface area (Å²) in [4.78, 5) is 27.3. The molecule has 1 aliphatic heterocycles. The average molecular weight is 335 g/mol. The molecule has 1 saturated heterocycles. The summed E-state index contributed by atoms with van der Waals surface area (Å²) in [5, 5.41) is 9.71. The maximum atomic E-state index is 12.6. The van der Waals surface area contributed by atoms with Crippen LogP contribution in [0.1, 0.15) is 23.7 Å². The lowest BCUT2D eigenvalue weighted by molar-refractivity contribution is -0.119. The van der Waals surface area contributed by atoms with Gasteiger partial charge >= 0.3 is 0 Å². The van der Waals surface area contributed by atoms with Crippen molar-refractivity contribution >= 4 is 11.8 Å². The van der Waals surface area contributed by atoms with Crippen molar-refractivity contribution in [2.45, 2.75) is 19.4 Å². The number of β-amino-alcohol motifs (C(OH)–C–C–N with tert-alkyl or cyclic N) is 1. The topological polar surface area (TPSA) is 96.1 Å². The van der Waals surface area contributed by atoms with Crippen molar-refractivity contribution in [2.75, 3.05) is 39.3 Å². The van der Waals surface area contributed by atoms with Crippen molar-refractivity contribution in [2.24, 2.45) is 5.73 Å². The molecule has 1 fully saturated rings. The van der Waals surface area contributed by atoms with Crippen LogP contribution in [0.4, 0.5) is 0 Å². The highest BCUT2D eigenvalue weighted by Gasteiger charge is 2.23. The quantitative estimate of drug-likeness (QED) is 0.736. The zero-order valence-electron chi connectivity index (χ0n) is 14.0. The van der Waals surface area contributed by atoms with Crippen LogP contribution in [-0.2, 0) is 4.79 Å². The summed E-state index contributed by atoms with van der Waals surface area (Å²) in [5.41, 5.74) is 5.58. The van der Waals surface area contributed by atoms with Crippen LogP contribution in [0.15, 0.2) is 24.3 Å². The molecular weight excluding hydrogens is 310 g/mol. The molecule has 132 valence electrons. The molecule has 7 heteroatoms. The first-order valence-corrected chi connectivity index (χ1v) is 8.20. The fourth-order valence-corrected chi connectivity index (χ4v) is 2.62. The van der Waals surface area contributed by atoms with E-state index < -0.39 is 5.91 Å². The minimum absolute atomic E-state index is 0.0600. The Morgan fingerprint density at radius 3 is 2.62 bits per heavy atom. The molecule has 2 rings (SSSR count).